The summed E-state index contributed by atoms with van der Waals surface area (Å²) in [6.07, 6.45) is 4.74. The molecule has 1 amide bonds. The van der Waals surface area contributed by atoms with Gasteiger partial charge in [-0.3, -0.25) is 4.79 Å². The molecule has 0 bridgehead atoms. The van der Waals surface area contributed by atoms with E-state index in [0.29, 0.717) is 36.8 Å². The van der Waals surface area contributed by atoms with Gasteiger partial charge in [0, 0.05) is 36.6 Å². The summed E-state index contributed by atoms with van der Waals surface area (Å²) in [6, 6.07) is 5.47. The number of carbonyl (C=O) groups excluding carboxylic acids is 1. The lowest BCUT2D eigenvalue weighted by molar-refractivity contribution is -0.118. The molecule has 1 aliphatic heterocycles. The quantitative estimate of drug-likeness (QED) is 0.633. The Morgan fingerprint density at radius 2 is 2.04 bits per heavy atom. The topological polar surface area (TPSA) is 79.0 Å². The van der Waals surface area contributed by atoms with Gasteiger partial charge in [0.2, 0.25) is 5.91 Å². The smallest absolute Gasteiger partial charge is 0.218 e. The first-order valence-corrected chi connectivity index (χ1v) is 10.1. The number of likely N-dealkylation sites (tertiary alicyclic amines) is 1. The molecule has 0 aromatic heterocycles. The maximum atomic E-state index is 11.0. The summed E-state index contributed by atoms with van der Waals surface area (Å²) in [4.78, 5) is 15.3. The fourth-order valence-electron chi connectivity index (χ4n) is 3.34. The number of amides is 1. The SMILES string of the molecule is CN(CCC(N)=O)Cc1cc(Cl)ccc1OC[C@@H](O)CN1CCCCCC1. The third-order valence-electron chi connectivity index (χ3n) is 4.80. The van der Waals surface area contributed by atoms with Crippen LogP contribution < -0.4 is 10.5 Å². The van der Waals surface area contributed by atoms with Crippen LogP contribution in [0.4, 0.5) is 0 Å². The van der Waals surface area contributed by atoms with Crippen molar-refractivity contribution in [3.8, 4) is 5.75 Å². The fourth-order valence-corrected chi connectivity index (χ4v) is 3.53. The number of carbonyl (C=O) groups is 1. The molecule has 1 heterocycles. The highest BCUT2D eigenvalue weighted by Crippen LogP contribution is 2.24. The van der Waals surface area contributed by atoms with Gasteiger partial charge in [-0.15, -0.1) is 0 Å². The van der Waals surface area contributed by atoms with Crippen molar-refractivity contribution in [3.63, 3.8) is 0 Å². The zero-order valence-corrected chi connectivity index (χ0v) is 17.0. The van der Waals surface area contributed by atoms with Crippen LogP contribution in [0, 0.1) is 0 Å². The molecule has 1 fully saturated rings. The molecule has 6 nitrogen and oxygen atoms in total. The molecule has 0 saturated carbocycles. The van der Waals surface area contributed by atoms with Crippen LogP contribution in [0.2, 0.25) is 5.02 Å². The number of rotatable bonds is 10. The Kier molecular flexibility index (Phi) is 9.34. The van der Waals surface area contributed by atoms with Crippen LogP contribution in [0.15, 0.2) is 18.2 Å². The summed E-state index contributed by atoms with van der Waals surface area (Å²) in [7, 11) is 1.92. The minimum absolute atomic E-state index is 0.246. The first-order valence-electron chi connectivity index (χ1n) is 9.72. The van der Waals surface area contributed by atoms with Crippen LogP contribution in [0.25, 0.3) is 0 Å². The zero-order chi connectivity index (χ0) is 19.6. The number of primary amides is 1. The van der Waals surface area contributed by atoms with Gasteiger partial charge in [-0.25, -0.2) is 0 Å². The van der Waals surface area contributed by atoms with E-state index in [-0.39, 0.29) is 12.5 Å². The number of benzene rings is 1. The minimum Gasteiger partial charge on any atom is -0.491 e. The van der Waals surface area contributed by atoms with E-state index < -0.39 is 6.10 Å². The largest absolute Gasteiger partial charge is 0.491 e. The number of ether oxygens (including phenoxy) is 1. The van der Waals surface area contributed by atoms with E-state index in [1.54, 1.807) is 6.07 Å². The van der Waals surface area contributed by atoms with Crippen LogP contribution in [-0.2, 0) is 11.3 Å². The van der Waals surface area contributed by atoms with Crippen molar-refractivity contribution in [3.05, 3.63) is 28.8 Å². The number of β-amino-alcohol motifs (C(OH)–C–C–N with tert-alkyl or cyclic N) is 1. The first kappa shape index (κ1) is 22.0. The van der Waals surface area contributed by atoms with Crippen molar-refractivity contribution in [2.45, 2.75) is 44.8 Å². The number of halogens is 1. The van der Waals surface area contributed by atoms with Crippen LogP contribution in [0.3, 0.4) is 0 Å². The minimum atomic E-state index is -0.529. The van der Waals surface area contributed by atoms with Gasteiger partial charge in [0.05, 0.1) is 0 Å². The molecule has 1 atom stereocenters. The number of hydrogen-bond donors (Lipinski definition) is 2. The van der Waals surface area contributed by atoms with Crippen LogP contribution in [0.1, 0.15) is 37.7 Å². The van der Waals surface area contributed by atoms with Crippen molar-refractivity contribution >= 4 is 17.5 Å². The molecule has 1 aliphatic rings. The summed E-state index contributed by atoms with van der Waals surface area (Å²) >= 11 is 6.13. The number of aliphatic hydroxyl groups is 1. The summed E-state index contributed by atoms with van der Waals surface area (Å²) in [5, 5.41) is 11.0. The highest BCUT2D eigenvalue weighted by molar-refractivity contribution is 6.30. The molecule has 3 N–H and O–H groups in total. The molecule has 27 heavy (non-hydrogen) atoms. The van der Waals surface area contributed by atoms with Crippen molar-refractivity contribution in [1.29, 1.82) is 0 Å². The van der Waals surface area contributed by atoms with Gasteiger partial charge in [0.1, 0.15) is 18.5 Å². The summed E-state index contributed by atoms with van der Waals surface area (Å²) in [5.74, 6) is 0.390. The molecule has 7 heteroatoms. The molecule has 0 unspecified atom stereocenters. The van der Waals surface area contributed by atoms with Crippen LogP contribution in [0.5, 0.6) is 5.75 Å². The zero-order valence-electron chi connectivity index (χ0n) is 16.2. The van der Waals surface area contributed by atoms with Gasteiger partial charge in [-0.05, 0) is 51.2 Å². The molecule has 1 saturated heterocycles. The molecule has 0 aliphatic carbocycles. The van der Waals surface area contributed by atoms with Gasteiger partial charge >= 0.3 is 0 Å². The summed E-state index contributed by atoms with van der Waals surface area (Å²) < 4.78 is 5.90. The van der Waals surface area contributed by atoms with Crippen molar-refractivity contribution in [1.82, 2.24) is 9.80 Å². The number of nitrogens with zero attached hydrogens (tertiary/aromatic N) is 2. The Labute approximate surface area is 167 Å². The van der Waals surface area contributed by atoms with E-state index >= 15 is 0 Å². The number of nitrogens with two attached hydrogens (primary N) is 1. The fraction of sp³-hybridized carbons (Fsp3) is 0.650. The predicted molar refractivity (Wildman–Crippen MR) is 108 cm³/mol. The van der Waals surface area contributed by atoms with Gasteiger partial charge < -0.3 is 25.4 Å². The molecular weight excluding hydrogens is 366 g/mol. The lowest BCUT2D eigenvalue weighted by Gasteiger charge is -2.24. The Balaban J connectivity index is 1.88. The summed E-state index contributed by atoms with van der Waals surface area (Å²) in [5.41, 5.74) is 6.14. The normalized spacial score (nSPS) is 16.9. The Bertz CT molecular complexity index is 592. The van der Waals surface area contributed by atoms with E-state index in [2.05, 4.69) is 4.90 Å². The Morgan fingerprint density at radius 1 is 1.33 bits per heavy atom. The highest BCUT2D eigenvalue weighted by Gasteiger charge is 2.15. The first-order chi connectivity index (χ1) is 12.9. The predicted octanol–water partition coefficient (Wildman–Crippen LogP) is 2.26. The van der Waals surface area contributed by atoms with Gasteiger partial charge in [-0.1, -0.05) is 24.4 Å². The van der Waals surface area contributed by atoms with E-state index in [9.17, 15) is 9.90 Å². The Morgan fingerprint density at radius 3 is 2.70 bits per heavy atom. The standard InChI is InChI=1S/C20H32ClN3O3/c1-23(11-8-20(22)26)13-16-12-17(21)6-7-19(16)27-15-18(25)14-24-9-4-2-3-5-10-24/h6-7,12,18,25H,2-5,8-11,13-15H2,1H3,(H2,22,26)/t18-/m0/s1. The maximum absolute atomic E-state index is 11.0. The van der Waals surface area contributed by atoms with E-state index in [1.165, 1.54) is 25.7 Å². The highest BCUT2D eigenvalue weighted by atomic mass is 35.5. The molecular formula is C20H32ClN3O3. The average Bonchev–Trinajstić information content (AvgIpc) is 2.88. The second-order valence-electron chi connectivity index (χ2n) is 7.39. The number of hydrogen-bond acceptors (Lipinski definition) is 5. The third-order valence-corrected chi connectivity index (χ3v) is 5.04. The van der Waals surface area contributed by atoms with Crippen molar-refractivity contribution in [2.24, 2.45) is 5.73 Å². The van der Waals surface area contributed by atoms with Gasteiger partial charge in [0.25, 0.3) is 0 Å². The third kappa shape index (κ3) is 8.47. The monoisotopic (exact) mass is 397 g/mol. The van der Waals surface area contributed by atoms with Crippen LogP contribution >= 0.6 is 11.6 Å². The van der Waals surface area contributed by atoms with E-state index in [0.717, 1.165) is 18.7 Å². The molecule has 0 radical (unpaired) electrons. The Hall–Kier alpha value is -1.34. The molecule has 2 rings (SSSR count). The number of aliphatic hydroxyl groups excluding tert-OH is 1. The van der Waals surface area contributed by atoms with Crippen molar-refractivity contribution < 1.29 is 14.6 Å². The van der Waals surface area contributed by atoms with Gasteiger partial charge in [0.15, 0.2) is 0 Å². The molecule has 1 aromatic rings. The van der Waals surface area contributed by atoms with E-state index in [4.69, 9.17) is 22.1 Å². The second kappa shape index (κ2) is 11.5. The van der Waals surface area contributed by atoms with E-state index in [1.807, 2.05) is 24.1 Å². The van der Waals surface area contributed by atoms with Crippen LogP contribution in [-0.4, -0.2) is 66.8 Å². The average molecular weight is 398 g/mol. The molecule has 0 spiro atoms. The van der Waals surface area contributed by atoms with Crippen molar-refractivity contribution in [2.75, 3.05) is 39.8 Å². The molecule has 152 valence electrons. The van der Waals surface area contributed by atoms with Gasteiger partial charge in [-0.2, -0.15) is 0 Å². The maximum Gasteiger partial charge on any atom is 0.218 e. The molecule has 1 aromatic carbocycles. The second-order valence-corrected chi connectivity index (χ2v) is 7.82. The lowest BCUT2D eigenvalue weighted by atomic mass is 10.2. The summed E-state index contributed by atoms with van der Waals surface area (Å²) in [6.45, 7) is 4.14. The lowest BCUT2D eigenvalue weighted by Crippen LogP contribution is -2.36.